The summed E-state index contributed by atoms with van der Waals surface area (Å²) in [7, 11) is 1.99. The second-order valence-electron chi connectivity index (χ2n) is 6.72. The molecule has 0 bridgehead atoms. The summed E-state index contributed by atoms with van der Waals surface area (Å²) in [5.41, 5.74) is 4.02. The lowest BCUT2D eigenvalue weighted by Gasteiger charge is -2.24. The fraction of sp³-hybridized carbons (Fsp3) is 0.250. The Balaban J connectivity index is 1.48. The molecular formula is C20H20ClN5O. The third-order valence-electron chi connectivity index (χ3n) is 4.92. The molecule has 1 atom stereocenters. The molecule has 0 fully saturated rings. The summed E-state index contributed by atoms with van der Waals surface area (Å²) in [5.74, 6) is -0.0921. The number of aromatic nitrogens is 3. The van der Waals surface area contributed by atoms with Crippen molar-refractivity contribution in [3.8, 4) is 5.69 Å². The third-order valence-corrected chi connectivity index (χ3v) is 5.16. The first-order valence-corrected chi connectivity index (χ1v) is 9.22. The van der Waals surface area contributed by atoms with Crippen LogP contribution in [0, 0.1) is 0 Å². The molecule has 1 aliphatic carbocycles. The zero-order chi connectivity index (χ0) is 18.8. The highest BCUT2D eigenvalue weighted by Crippen LogP contribution is 2.34. The third kappa shape index (κ3) is 3.72. The number of hydrogen-bond acceptors (Lipinski definition) is 4. The van der Waals surface area contributed by atoms with E-state index in [2.05, 4.69) is 44.6 Å². The van der Waals surface area contributed by atoms with Gasteiger partial charge < -0.3 is 5.32 Å². The van der Waals surface area contributed by atoms with E-state index in [1.165, 1.54) is 17.5 Å². The molecule has 0 aliphatic heterocycles. The van der Waals surface area contributed by atoms with Crippen LogP contribution in [0.5, 0.6) is 0 Å². The van der Waals surface area contributed by atoms with Crippen molar-refractivity contribution in [2.24, 2.45) is 0 Å². The first-order chi connectivity index (χ1) is 13.1. The van der Waals surface area contributed by atoms with E-state index >= 15 is 0 Å². The maximum atomic E-state index is 12.7. The largest absolute Gasteiger partial charge is 0.323 e. The molecule has 7 heteroatoms. The van der Waals surface area contributed by atoms with Crippen LogP contribution < -0.4 is 5.32 Å². The normalized spacial score (nSPS) is 15.7. The Labute approximate surface area is 162 Å². The summed E-state index contributed by atoms with van der Waals surface area (Å²) >= 11 is 6.12. The van der Waals surface area contributed by atoms with Crippen LogP contribution in [-0.2, 0) is 11.2 Å². The highest BCUT2D eigenvalue weighted by molar-refractivity contribution is 6.31. The van der Waals surface area contributed by atoms with E-state index in [1.807, 2.05) is 13.1 Å². The maximum Gasteiger partial charge on any atom is 0.238 e. The number of carbonyl (C=O) groups excluding carboxylic acids is 1. The van der Waals surface area contributed by atoms with Crippen molar-refractivity contribution in [2.45, 2.75) is 18.9 Å². The molecule has 1 N–H and O–H groups in total. The van der Waals surface area contributed by atoms with Gasteiger partial charge in [0.15, 0.2) is 0 Å². The van der Waals surface area contributed by atoms with Crippen LogP contribution in [0.4, 0.5) is 5.69 Å². The monoisotopic (exact) mass is 381 g/mol. The van der Waals surface area contributed by atoms with E-state index in [0.717, 1.165) is 18.5 Å². The summed E-state index contributed by atoms with van der Waals surface area (Å²) in [6.07, 6.45) is 5.12. The minimum absolute atomic E-state index is 0.0921. The summed E-state index contributed by atoms with van der Waals surface area (Å²) in [4.78, 5) is 18.7. The molecule has 0 saturated carbocycles. The summed E-state index contributed by atoms with van der Waals surface area (Å²) in [6.45, 7) is 0.294. The highest BCUT2D eigenvalue weighted by atomic mass is 35.5. The molecule has 1 aromatic heterocycles. The van der Waals surface area contributed by atoms with Gasteiger partial charge in [-0.25, -0.2) is 9.67 Å². The Morgan fingerprint density at radius 2 is 2.19 bits per heavy atom. The number of aryl methyl sites for hydroxylation is 1. The topological polar surface area (TPSA) is 63.1 Å². The van der Waals surface area contributed by atoms with Crippen LogP contribution in [0.2, 0.25) is 5.02 Å². The molecule has 27 heavy (non-hydrogen) atoms. The van der Waals surface area contributed by atoms with Gasteiger partial charge in [0.05, 0.1) is 17.9 Å². The SMILES string of the molecule is CN(CC(=O)Nc1cc(Cl)ccc1-n1cncn1)C1CCc2ccccc21. The van der Waals surface area contributed by atoms with Gasteiger partial charge in [0.25, 0.3) is 0 Å². The Hall–Kier alpha value is -2.70. The van der Waals surface area contributed by atoms with Gasteiger partial charge >= 0.3 is 0 Å². The van der Waals surface area contributed by atoms with Crippen LogP contribution in [0.1, 0.15) is 23.6 Å². The fourth-order valence-corrected chi connectivity index (χ4v) is 3.83. The van der Waals surface area contributed by atoms with E-state index in [-0.39, 0.29) is 11.9 Å². The number of likely N-dealkylation sites (N-methyl/N-ethyl adjacent to an activating group) is 1. The van der Waals surface area contributed by atoms with E-state index in [9.17, 15) is 4.79 Å². The van der Waals surface area contributed by atoms with Crippen molar-refractivity contribution in [2.75, 3.05) is 18.9 Å². The van der Waals surface area contributed by atoms with Crippen LogP contribution in [-0.4, -0.2) is 39.2 Å². The molecule has 1 unspecified atom stereocenters. The molecule has 1 amide bonds. The minimum atomic E-state index is -0.0921. The van der Waals surface area contributed by atoms with E-state index in [1.54, 1.807) is 23.1 Å². The van der Waals surface area contributed by atoms with Gasteiger partial charge in [-0.3, -0.25) is 9.69 Å². The molecule has 6 nitrogen and oxygen atoms in total. The van der Waals surface area contributed by atoms with E-state index in [4.69, 9.17) is 11.6 Å². The average molecular weight is 382 g/mol. The first-order valence-electron chi connectivity index (χ1n) is 8.84. The summed E-state index contributed by atoms with van der Waals surface area (Å²) < 4.78 is 1.60. The number of nitrogens with zero attached hydrogens (tertiary/aromatic N) is 4. The van der Waals surface area contributed by atoms with Gasteiger partial charge in [-0.2, -0.15) is 5.10 Å². The second-order valence-corrected chi connectivity index (χ2v) is 7.15. The Morgan fingerprint density at radius 3 is 3.00 bits per heavy atom. The van der Waals surface area contributed by atoms with Gasteiger partial charge in [-0.15, -0.1) is 0 Å². The van der Waals surface area contributed by atoms with Crippen molar-refractivity contribution in [3.05, 3.63) is 71.3 Å². The number of amides is 1. The maximum absolute atomic E-state index is 12.7. The Morgan fingerprint density at radius 1 is 1.33 bits per heavy atom. The summed E-state index contributed by atoms with van der Waals surface area (Å²) in [6, 6.07) is 14.0. The number of carbonyl (C=O) groups is 1. The van der Waals surface area contributed by atoms with Crippen LogP contribution in [0.25, 0.3) is 5.69 Å². The minimum Gasteiger partial charge on any atom is -0.323 e. The van der Waals surface area contributed by atoms with Crippen molar-refractivity contribution in [1.29, 1.82) is 0 Å². The predicted molar refractivity (Wildman–Crippen MR) is 105 cm³/mol. The molecule has 0 radical (unpaired) electrons. The van der Waals surface area contributed by atoms with Gasteiger partial charge in [-0.1, -0.05) is 35.9 Å². The second kappa shape index (κ2) is 7.50. The van der Waals surface area contributed by atoms with Gasteiger partial charge in [0.2, 0.25) is 5.91 Å². The smallest absolute Gasteiger partial charge is 0.238 e. The average Bonchev–Trinajstić information content (AvgIpc) is 3.31. The number of benzene rings is 2. The lowest BCUT2D eigenvalue weighted by atomic mass is 10.1. The number of nitrogens with one attached hydrogen (secondary N) is 1. The first kappa shape index (κ1) is 17.7. The van der Waals surface area contributed by atoms with Crippen LogP contribution >= 0.6 is 11.6 Å². The fourth-order valence-electron chi connectivity index (χ4n) is 3.66. The molecule has 1 aliphatic rings. The lowest BCUT2D eigenvalue weighted by molar-refractivity contribution is -0.117. The van der Waals surface area contributed by atoms with Crippen LogP contribution in [0.3, 0.4) is 0 Å². The predicted octanol–water partition coefficient (Wildman–Crippen LogP) is 3.48. The molecular weight excluding hydrogens is 362 g/mol. The molecule has 2 aromatic carbocycles. The molecule has 0 saturated heterocycles. The number of halogens is 1. The number of fused-ring (bicyclic) bond motifs is 1. The standard InChI is InChI=1S/C20H20ClN5O/c1-25(18-8-6-14-4-2-3-5-16(14)18)11-20(27)24-17-10-15(21)7-9-19(17)26-13-22-12-23-26/h2-5,7,9-10,12-13,18H,6,8,11H2,1H3,(H,24,27). The number of anilines is 1. The van der Waals surface area contributed by atoms with E-state index < -0.39 is 0 Å². The van der Waals surface area contributed by atoms with Crippen LogP contribution in [0.15, 0.2) is 55.1 Å². The van der Waals surface area contributed by atoms with E-state index in [0.29, 0.717) is 17.3 Å². The Bertz CT molecular complexity index is 957. The van der Waals surface area contributed by atoms with Gasteiger partial charge in [0, 0.05) is 11.1 Å². The van der Waals surface area contributed by atoms with Crippen molar-refractivity contribution < 1.29 is 4.79 Å². The zero-order valence-corrected chi connectivity index (χ0v) is 15.7. The lowest BCUT2D eigenvalue weighted by Crippen LogP contribution is -2.32. The molecule has 0 spiro atoms. The highest BCUT2D eigenvalue weighted by Gasteiger charge is 2.26. The number of hydrogen-bond donors (Lipinski definition) is 1. The Kier molecular flexibility index (Phi) is 4.92. The summed E-state index contributed by atoms with van der Waals surface area (Å²) in [5, 5.41) is 7.65. The van der Waals surface area contributed by atoms with Gasteiger partial charge in [0.1, 0.15) is 12.7 Å². The molecule has 3 aromatic rings. The molecule has 138 valence electrons. The van der Waals surface area contributed by atoms with Crippen molar-refractivity contribution in [1.82, 2.24) is 19.7 Å². The molecule has 1 heterocycles. The molecule has 4 rings (SSSR count). The van der Waals surface area contributed by atoms with Gasteiger partial charge in [-0.05, 0) is 49.2 Å². The zero-order valence-electron chi connectivity index (χ0n) is 15.0. The van der Waals surface area contributed by atoms with Crippen molar-refractivity contribution in [3.63, 3.8) is 0 Å². The van der Waals surface area contributed by atoms with Crippen molar-refractivity contribution >= 4 is 23.2 Å². The number of rotatable bonds is 5. The quantitative estimate of drug-likeness (QED) is 0.735.